The molecule has 2 saturated heterocycles. The van der Waals surface area contributed by atoms with E-state index in [0.717, 1.165) is 45.1 Å². The van der Waals surface area contributed by atoms with Crippen LogP contribution in [0, 0.1) is 6.92 Å². The van der Waals surface area contributed by atoms with Crippen LogP contribution in [0.3, 0.4) is 0 Å². The molecule has 1 unspecified atom stereocenters. The van der Waals surface area contributed by atoms with Crippen LogP contribution < -0.4 is 4.90 Å². The second-order valence-electron chi connectivity index (χ2n) is 5.55. The fourth-order valence-corrected chi connectivity index (χ4v) is 3.08. The van der Waals surface area contributed by atoms with Crippen molar-refractivity contribution in [1.82, 2.24) is 9.88 Å². The molecule has 0 N–H and O–H groups in total. The van der Waals surface area contributed by atoms with Crippen molar-refractivity contribution in [3.63, 3.8) is 0 Å². The number of hydrogen-bond acceptors (Lipinski definition) is 4. The van der Waals surface area contributed by atoms with Crippen LogP contribution in [0.2, 0.25) is 0 Å². The van der Waals surface area contributed by atoms with Crippen LogP contribution in [-0.4, -0.2) is 55.3 Å². The van der Waals surface area contributed by atoms with Gasteiger partial charge in [-0.2, -0.15) is 0 Å². The molecule has 0 aromatic carbocycles. The summed E-state index contributed by atoms with van der Waals surface area (Å²) in [6.45, 7) is 16.3. The summed E-state index contributed by atoms with van der Waals surface area (Å²) in [5.41, 5.74) is 2.36. The number of rotatable bonds is 2. The molecule has 2 aliphatic rings. The molecule has 132 valence electrons. The van der Waals surface area contributed by atoms with Gasteiger partial charge in [0.1, 0.15) is 0 Å². The normalized spacial score (nSPS) is 21.6. The van der Waals surface area contributed by atoms with E-state index in [4.69, 9.17) is 4.74 Å². The predicted molar refractivity (Wildman–Crippen MR) is 99.3 cm³/mol. The maximum absolute atomic E-state index is 5.45. The summed E-state index contributed by atoms with van der Waals surface area (Å²) in [5.74, 6) is 0. The van der Waals surface area contributed by atoms with Crippen LogP contribution in [0.4, 0.5) is 5.69 Å². The molecule has 4 heteroatoms. The lowest BCUT2D eigenvalue weighted by Crippen LogP contribution is -2.51. The molecule has 2 aliphatic heterocycles. The molecular formula is C19H35N3O. The molecule has 0 radical (unpaired) electrons. The molecule has 23 heavy (non-hydrogen) atoms. The van der Waals surface area contributed by atoms with Gasteiger partial charge in [0.2, 0.25) is 0 Å². The Labute approximate surface area is 142 Å². The summed E-state index contributed by atoms with van der Waals surface area (Å²) in [6, 6.07) is 4.98. The number of morpholine rings is 1. The summed E-state index contributed by atoms with van der Waals surface area (Å²) in [7, 11) is 0. The first-order chi connectivity index (χ1) is 11.3. The minimum atomic E-state index is 0.680. The zero-order valence-electron chi connectivity index (χ0n) is 15.7. The van der Waals surface area contributed by atoms with E-state index in [2.05, 4.69) is 26.9 Å². The molecule has 1 atom stereocenters. The highest BCUT2D eigenvalue weighted by molar-refractivity contribution is 5.45. The highest BCUT2D eigenvalue weighted by atomic mass is 16.5. The van der Waals surface area contributed by atoms with Gasteiger partial charge >= 0.3 is 0 Å². The number of aromatic nitrogens is 1. The van der Waals surface area contributed by atoms with E-state index in [0.29, 0.717) is 6.04 Å². The predicted octanol–water partition coefficient (Wildman–Crippen LogP) is 3.74. The van der Waals surface area contributed by atoms with E-state index in [1.807, 2.05) is 40.8 Å². The van der Waals surface area contributed by atoms with Crippen LogP contribution in [0.15, 0.2) is 18.3 Å². The highest BCUT2D eigenvalue weighted by Crippen LogP contribution is 2.22. The van der Waals surface area contributed by atoms with E-state index in [-0.39, 0.29) is 0 Å². The van der Waals surface area contributed by atoms with Crippen molar-refractivity contribution < 1.29 is 4.74 Å². The topological polar surface area (TPSA) is 28.6 Å². The van der Waals surface area contributed by atoms with Gasteiger partial charge in [-0.15, -0.1) is 0 Å². The Morgan fingerprint density at radius 3 is 2.35 bits per heavy atom. The molecule has 3 rings (SSSR count). The third-order valence-electron chi connectivity index (χ3n) is 4.22. The van der Waals surface area contributed by atoms with Crippen LogP contribution >= 0.6 is 0 Å². The molecule has 1 aromatic heterocycles. The molecule has 2 fully saturated rings. The monoisotopic (exact) mass is 321 g/mol. The minimum Gasteiger partial charge on any atom is -0.379 e. The van der Waals surface area contributed by atoms with Gasteiger partial charge in [-0.25, -0.2) is 0 Å². The second kappa shape index (κ2) is 11.4. The SMILES string of the molecule is CC.CC.Cc1ccc(N2CCCC(N3CCOCC3)C2)cn1. The van der Waals surface area contributed by atoms with Gasteiger partial charge in [-0.1, -0.05) is 27.7 Å². The van der Waals surface area contributed by atoms with Crippen molar-refractivity contribution in [2.45, 2.75) is 53.5 Å². The first-order valence-corrected chi connectivity index (χ1v) is 9.32. The molecule has 0 amide bonds. The lowest BCUT2D eigenvalue weighted by molar-refractivity contribution is 0.0137. The Morgan fingerprint density at radius 1 is 1.04 bits per heavy atom. The molecule has 0 aliphatic carbocycles. The van der Waals surface area contributed by atoms with Gasteiger partial charge < -0.3 is 9.64 Å². The fraction of sp³-hybridized carbons (Fsp3) is 0.737. The summed E-state index contributed by atoms with van der Waals surface area (Å²) in [6.07, 6.45) is 4.60. The van der Waals surface area contributed by atoms with Crippen molar-refractivity contribution in [2.24, 2.45) is 0 Å². The Balaban J connectivity index is 0.000000615. The van der Waals surface area contributed by atoms with Crippen LogP contribution in [0.1, 0.15) is 46.2 Å². The zero-order valence-corrected chi connectivity index (χ0v) is 15.7. The largest absolute Gasteiger partial charge is 0.379 e. The van der Waals surface area contributed by atoms with Crippen molar-refractivity contribution in [3.05, 3.63) is 24.0 Å². The molecule has 0 saturated carbocycles. The number of aryl methyl sites for hydroxylation is 1. The number of anilines is 1. The summed E-state index contributed by atoms with van der Waals surface area (Å²) < 4.78 is 5.45. The average Bonchev–Trinajstić information content (AvgIpc) is 2.66. The third kappa shape index (κ3) is 6.11. The molecule has 1 aromatic rings. The number of pyridine rings is 1. The summed E-state index contributed by atoms with van der Waals surface area (Å²) in [5, 5.41) is 0. The van der Waals surface area contributed by atoms with Crippen molar-refractivity contribution in [1.29, 1.82) is 0 Å². The lowest BCUT2D eigenvalue weighted by Gasteiger charge is -2.41. The van der Waals surface area contributed by atoms with Crippen LogP contribution in [0.5, 0.6) is 0 Å². The molecule has 4 nitrogen and oxygen atoms in total. The van der Waals surface area contributed by atoms with E-state index < -0.39 is 0 Å². The molecule has 3 heterocycles. The standard InChI is InChI=1S/C15H23N3O.2C2H6/c1-13-4-5-14(11-16-13)18-6-2-3-15(12-18)17-7-9-19-10-8-17;2*1-2/h4-5,11,15H,2-3,6-10,12H2,1H3;2*1-2H3. The fourth-order valence-electron chi connectivity index (χ4n) is 3.08. The quantitative estimate of drug-likeness (QED) is 0.829. The van der Waals surface area contributed by atoms with Crippen LogP contribution in [0.25, 0.3) is 0 Å². The van der Waals surface area contributed by atoms with E-state index in [1.165, 1.54) is 18.5 Å². The van der Waals surface area contributed by atoms with Gasteiger partial charge in [-0.05, 0) is 31.9 Å². The highest BCUT2D eigenvalue weighted by Gasteiger charge is 2.26. The zero-order chi connectivity index (χ0) is 17.1. The lowest BCUT2D eigenvalue weighted by atomic mass is 10.0. The van der Waals surface area contributed by atoms with E-state index in [9.17, 15) is 0 Å². The minimum absolute atomic E-state index is 0.680. The Hall–Kier alpha value is -1.13. The van der Waals surface area contributed by atoms with Gasteiger partial charge in [0.15, 0.2) is 0 Å². The Morgan fingerprint density at radius 2 is 1.74 bits per heavy atom. The van der Waals surface area contributed by atoms with Gasteiger partial charge in [0.25, 0.3) is 0 Å². The Bertz CT molecular complexity index is 402. The maximum atomic E-state index is 5.45. The third-order valence-corrected chi connectivity index (χ3v) is 4.22. The summed E-state index contributed by atoms with van der Waals surface area (Å²) in [4.78, 5) is 9.49. The van der Waals surface area contributed by atoms with Crippen molar-refractivity contribution >= 4 is 5.69 Å². The smallest absolute Gasteiger partial charge is 0.0594 e. The second-order valence-corrected chi connectivity index (χ2v) is 5.55. The van der Waals surface area contributed by atoms with Crippen molar-refractivity contribution in [3.8, 4) is 0 Å². The summed E-state index contributed by atoms with van der Waals surface area (Å²) >= 11 is 0. The van der Waals surface area contributed by atoms with Gasteiger partial charge in [-0.3, -0.25) is 9.88 Å². The maximum Gasteiger partial charge on any atom is 0.0594 e. The van der Waals surface area contributed by atoms with Crippen molar-refractivity contribution in [2.75, 3.05) is 44.3 Å². The van der Waals surface area contributed by atoms with E-state index in [1.54, 1.807) is 0 Å². The van der Waals surface area contributed by atoms with Gasteiger partial charge in [0, 0.05) is 37.9 Å². The van der Waals surface area contributed by atoms with Crippen LogP contribution in [-0.2, 0) is 4.74 Å². The molecule has 0 spiro atoms. The first kappa shape index (κ1) is 19.9. The Kier molecular flexibility index (Phi) is 9.88. The average molecular weight is 322 g/mol. The van der Waals surface area contributed by atoms with E-state index >= 15 is 0 Å². The number of ether oxygens (including phenoxy) is 1. The number of piperidine rings is 1. The number of hydrogen-bond donors (Lipinski definition) is 0. The molecule has 0 bridgehead atoms. The number of nitrogens with zero attached hydrogens (tertiary/aromatic N) is 3. The first-order valence-electron chi connectivity index (χ1n) is 9.32. The molecular weight excluding hydrogens is 286 g/mol. The van der Waals surface area contributed by atoms with Gasteiger partial charge in [0.05, 0.1) is 25.1 Å².